The highest BCUT2D eigenvalue weighted by Gasteiger charge is 2.19. The zero-order chi connectivity index (χ0) is 26.0. The van der Waals surface area contributed by atoms with Crippen molar-refractivity contribution in [2.45, 2.75) is 38.9 Å². The summed E-state index contributed by atoms with van der Waals surface area (Å²) >= 11 is 0. The molecular weight excluding hydrogens is 472 g/mol. The minimum absolute atomic E-state index is 0.299. The van der Waals surface area contributed by atoms with E-state index in [2.05, 4.69) is 41.3 Å². The van der Waals surface area contributed by atoms with Gasteiger partial charge in [0, 0.05) is 37.0 Å². The molecule has 2 heterocycles. The first-order valence-corrected chi connectivity index (χ1v) is 13.6. The number of hydrogen-bond donors (Lipinski definition) is 1. The van der Waals surface area contributed by atoms with Crippen LogP contribution >= 0.6 is 0 Å². The molecule has 0 amide bonds. The molecule has 0 spiro atoms. The molecule has 0 unspecified atom stereocenters. The lowest BCUT2D eigenvalue weighted by Gasteiger charge is -2.33. The number of hydrogen-bond acceptors (Lipinski definition) is 5. The number of aromatic nitrogens is 1. The Hall–Kier alpha value is -3.83. The van der Waals surface area contributed by atoms with Crippen LogP contribution in [-0.4, -0.2) is 29.8 Å². The van der Waals surface area contributed by atoms with E-state index in [9.17, 15) is 0 Å². The molecule has 1 saturated heterocycles. The van der Waals surface area contributed by atoms with E-state index in [0.29, 0.717) is 31.6 Å². The second kappa shape index (κ2) is 13.1. The van der Waals surface area contributed by atoms with Crippen molar-refractivity contribution < 1.29 is 14.6 Å². The van der Waals surface area contributed by atoms with Crippen LogP contribution in [0.3, 0.4) is 0 Å². The van der Waals surface area contributed by atoms with Gasteiger partial charge in [-0.1, -0.05) is 72.8 Å². The third kappa shape index (κ3) is 6.93. The summed E-state index contributed by atoms with van der Waals surface area (Å²) in [6, 6.07) is 32.9. The van der Waals surface area contributed by atoms with Crippen LogP contribution in [0.15, 0.2) is 97.1 Å². The number of anilines is 1. The van der Waals surface area contributed by atoms with E-state index in [1.807, 2.05) is 60.7 Å². The maximum absolute atomic E-state index is 9.12. The van der Waals surface area contributed by atoms with E-state index in [1.165, 1.54) is 18.5 Å². The van der Waals surface area contributed by atoms with Crippen LogP contribution in [0.5, 0.6) is 11.8 Å². The fraction of sp³-hybridized carbons (Fsp3) is 0.303. The highest BCUT2D eigenvalue weighted by Crippen LogP contribution is 2.33. The average Bonchev–Trinajstić information content (AvgIpc) is 2.99. The van der Waals surface area contributed by atoms with E-state index < -0.39 is 0 Å². The van der Waals surface area contributed by atoms with Gasteiger partial charge < -0.3 is 19.5 Å². The van der Waals surface area contributed by atoms with E-state index in [0.717, 1.165) is 54.1 Å². The number of rotatable bonds is 11. The standard InChI is InChI=1S/C33H36N2O3/c36-23-7-12-26-19-21-35(22-20-26)30-15-13-29(14-16-30)31-17-18-32(37-24-27-8-3-1-4-9-27)34-33(31)38-25-28-10-5-2-6-11-28/h1-6,8-11,13-18,26,36H,7,12,19-25H2. The largest absolute Gasteiger partial charge is 0.473 e. The average molecular weight is 509 g/mol. The Kier molecular flexibility index (Phi) is 8.90. The van der Waals surface area contributed by atoms with Gasteiger partial charge in [-0.15, -0.1) is 0 Å². The lowest BCUT2D eigenvalue weighted by atomic mass is 9.92. The van der Waals surface area contributed by atoms with Crippen LogP contribution in [0.2, 0.25) is 0 Å². The first kappa shape index (κ1) is 25.8. The van der Waals surface area contributed by atoms with Gasteiger partial charge in [0.15, 0.2) is 0 Å². The Balaban J connectivity index is 1.31. The van der Waals surface area contributed by atoms with E-state index >= 15 is 0 Å². The Bertz CT molecular complexity index is 1250. The summed E-state index contributed by atoms with van der Waals surface area (Å²) in [4.78, 5) is 7.21. The molecule has 0 atom stereocenters. The molecule has 1 aliphatic heterocycles. The van der Waals surface area contributed by atoms with Gasteiger partial charge in [0.05, 0.1) is 0 Å². The molecular formula is C33H36N2O3. The molecule has 5 nitrogen and oxygen atoms in total. The first-order chi connectivity index (χ1) is 18.8. The number of pyridine rings is 1. The molecule has 0 aliphatic carbocycles. The topological polar surface area (TPSA) is 54.8 Å². The smallest absolute Gasteiger partial charge is 0.225 e. The van der Waals surface area contributed by atoms with Crippen LogP contribution in [0.25, 0.3) is 11.1 Å². The Labute approximate surface area is 225 Å². The molecule has 1 aromatic heterocycles. The third-order valence-electron chi connectivity index (χ3n) is 7.21. The number of ether oxygens (including phenoxy) is 2. The van der Waals surface area contributed by atoms with E-state index in [4.69, 9.17) is 19.6 Å². The molecule has 0 saturated carbocycles. The summed E-state index contributed by atoms with van der Waals surface area (Å²) in [5.41, 5.74) is 5.45. The molecule has 0 radical (unpaired) electrons. The summed E-state index contributed by atoms with van der Waals surface area (Å²) in [5.74, 6) is 1.84. The quantitative estimate of drug-likeness (QED) is 0.239. The molecule has 5 rings (SSSR count). The lowest BCUT2D eigenvalue weighted by Crippen LogP contribution is -2.33. The number of nitrogens with zero attached hydrogens (tertiary/aromatic N) is 2. The van der Waals surface area contributed by atoms with Crippen molar-refractivity contribution in [2.75, 3.05) is 24.6 Å². The Morgan fingerprint density at radius 3 is 2.00 bits per heavy atom. The molecule has 4 aromatic rings. The summed E-state index contributed by atoms with van der Waals surface area (Å²) < 4.78 is 12.2. The summed E-state index contributed by atoms with van der Waals surface area (Å²) in [6.07, 6.45) is 4.42. The fourth-order valence-electron chi connectivity index (χ4n) is 5.00. The van der Waals surface area contributed by atoms with Crippen molar-refractivity contribution >= 4 is 5.69 Å². The van der Waals surface area contributed by atoms with Crippen LogP contribution in [-0.2, 0) is 13.2 Å². The summed E-state index contributed by atoms with van der Waals surface area (Å²) in [6.45, 7) is 3.32. The van der Waals surface area contributed by atoms with Crippen molar-refractivity contribution in [3.63, 3.8) is 0 Å². The minimum atomic E-state index is 0.299. The Morgan fingerprint density at radius 1 is 0.737 bits per heavy atom. The van der Waals surface area contributed by atoms with Gasteiger partial charge in [0.2, 0.25) is 11.8 Å². The Morgan fingerprint density at radius 2 is 1.37 bits per heavy atom. The second-order valence-electron chi connectivity index (χ2n) is 9.89. The fourth-order valence-corrected chi connectivity index (χ4v) is 5.00. The molecule has 1 fully saturated rings. The van der Waals surface area contributed by atoms with Crippen LogP contribution < -0.4 is 14.4 Å². The minimum Gasteiger partial charge on any atom is -0.473 e. The van der Waals surface area contributed by atoms with Crippen molar-refractivity contribution in [3.8, 4) is 22.9 Å². The van der Waals surface area contributed by atoms with Gasteiger partial charge in [-0.25, -0.2) is 0 Å². The molecule has 3 aromatic carbocycles. The molecule has 0 bridgehead atoms. The van der Waals surface area contributed by atoms with Crippen molar-refractivity contribution in [1.29, 1.82) is 0 Å². The SMILES string of the molecule is OCCCC1CCN(c2ccc(-c3ccc(OCc4ccccc4)nc3OCc3ccccc3)cc2)CC1. The molecule has 1 aliphatic rings. The molecule has 5 heteroatoms. The highest BCUT2D eigenvalue weighted by atomic mass is 16.5. The summed E-state index contributed by atoms with van der Waals surface area (Å²) in [7, 11) is 0. The highest BCUT2D eigenvalue weighted by molar-refractivity contribution is 5.71. The van der Waals surface area contributed by atoms with Gasteiger partial charge in [-0.2, -0.15) is 4.98 Å². The predicted octanol–water partition coefficient (Wildman–Crippen LogP) is 6.90. The van der Waals surface area contributed by atoms with Gasteiger partial charge in [0.25, 0.3) is 0 Å². The first-order valence-electron chi connectivity index (χ1n) is 13.6. The maximum Gasteiger partial charge on any atom is 0.225 e. The third-order valence-corrected chi connectivity index (χ3v) is 7.21. The van der Waals surface area contributed by atoms with E-state index in [-0.39, 0.29) is 0 Å². The van der Waals surface area contributed by atoms with E-state index in [1.54, 1.807) is 0 Å². The second-order valence-corrected chi connectivity index (χ2v) is 9.89. The van der Waals surface area contributed by atoms with Crippen molar-refractivity contribution in [1.82, 2.24) is 4.98 Å². The van der Waals surface area contributed by atoms with Crippen LogP contribution in [0, 0.1) is 5.92 Å². The van der Waals surface area contributed by atoms with Crippen molar-refractivity contribution in [2.24, 2.45) is 5.92 Å². The maximum atomic E-state index is 9.12. The normalized spacial score (nSPS) is 13.9. The van der Waals surface area contributed by atoms with Gasteiger partial charge in [0.1, 0.15) is 13.2 Å². The van der Waals surface area contributed by atoms with Gasteiger partial charge >= 0.3 is 0 Å². The molecule has 38 heavy (non-hydrogen) atoms. The monoisotopic (exact) mass is 508 g/mol. The van der Waals surface area contributed by atoms with Crippen LogP contribution in [0.1, 0.15) is 36.8 Å². The van der Waals surface area contributed by atoms with Gasteiger partial charge in [-0.05, 0) is 66.5 Å². The van der Waals surface area contributed by atoms with Crippen molar-refractivity contribution in [3.05, 3.63) is 108 Å². The number of piperidine rings is 1. The molecule has 196 valence electrons. The zero-order valence-electron chi connectivity index (χ0n) is 21.8. The number of aliphatic hydroxyl groups excluding tert-OH is 1. The van der Waals surface area contributed by atoms with Crippen LogP contribution in [0.4, 0.5) is 5.69 Å². The molecule has 1 N–H and O–H groups in total. The summed E-state index contributed by atoms with van der Waals surface area (Å²) in [5, 5.41) is 9.12. The number of aliphatic hydroxyl groups is 1. The zero-order valence-corrected chi connectivity index (χ0v) is 21.8. The number of benzene rings is 3. The van der Waals surface area contributed by atoms with Gasteiger partial charge in [-0.3, -0.25) is 0 Å². The lowest BCUT2D eigenvalue weighted by molar-refractivity contribution is 0.261. The predicted molar refractivity (Wildman–Crippen MR) is 152 cm³/mol.